The van der Waals surface area contributed by atoms with Crippen molar-refractivity contribution in [2.45, 2.75) is 12.8 Å². The van der Waals surface area contributed by atoms with Gasteiger partial charge in [-0.1, -0.05) is 11.6 Å². The van der Waals surface area contributed by atoms with Crippen LogP contribution in [0.5, 0.6) is 11.5 Å². The summed E-state index contributed by atoms with van der Waals surface area (Å²) in [7, 11) is 3.07. The standard InChI is InChI=1S/C12H16ClNO4/c1-17-10-7-9(11(18-2)6-8(10)13)14-5-3-4-12(15)16/h6-7,14H,3-5H2,1-2H3,(H,15,16). The number of carboxylic acid groups (broad SMARTS) is 1. The molecule has 6 heteroatoms. The summed E-state index contributed by atoms with van der Waals surface area (Å²) in [6.07, 6.45) is 0.656. The SMILES string of the molecule is COc1cc(NCCCC(=O)O)c(OC)cc1Cl. The van der Waals surface area contributed by atoms with E-state index in [4.69, 9.17) is 26.2 Å². The van der Waals surface area contributed by atoms with E-state index in [-0.39, 0.29) is 6.42 Å². The predicted octanol–water partition coefficient (Wildman–Crippen LogP) is 2.63. The molecule has 0 atom stereocenters. The molecule has 2 N–H and O–H groups in total. The molecule has 1 rings (SSSR count). The average Bonchev–Trinajstić information content (AvgIpc) is 2.35. The monoisotopic (exact) mass is 273 g/mol. The zero-order valence-electron chi connectivity index (χ0n) is 10.3. The highest BCUT2D eigenvalue weighted by Gasteiger charge is 2.09. The summed E-state index contributed by atoms with van der Waals surface area (Å²) in [5.41, 5.74) is 0.726. The fraction of sp³-hybridized carbons (Fsp3) is 0.417. The van der Waals surface area contributed by atoms with Crippen LogP contribution in [0.2, 0.25) is 5.02 Å². The Morgan fingerprint density at radius 2 is 2.00 bits per heavy atom. The predicted molar refractivity (Wildman–Crippen MR) is 69.9 cm³/mol. The minimum Gasteiger partial charge on any atom is -0.495 e. The summed E-state index contributed by atoms with van der Waals surface area (Å²) >= 11 is 5.97. The third-order valence-electron chi connectivity index (χ3n) is 2.36. The van der Waals surface area contributed by atoms with Crippen molar-refractivity contribution >= 4 is 23.3 Å². The van der Waals surface area contributed by atoms with Crippen molar-refractivity contribution in [3.63, 3.8) is 0 Å². The number of anilines is 1. The largest absolute Gasteiger partial charge is 0.495 e. The maximum absolute atomic E-state index is 10.4. The van der Waals surface area contributed by atoms with E-state index in [1.807, 2.05) is 0 Å². The van der Waals surface area contributed by atoms with Crippen LogP contribution in [-0.4, -0.2) is 31.8 Å². The number of methoxy groups -OCH3 is 2. The van der Waals surface area contributed by atoms with E-state index in [2.05, 4.69) is 5.32 Å². The maximum Gasteiger partial charge on any atom is 0.303 e. The van der Waals surface area contributed by atoms with Crippen LogP contribution in [0.1, 0.15) is 12.8 Å². The fourth-order valence-electron chi connectivity index (χ4n) is 1.46. The van der Waals surface area contributed by atoms with Gasteiger partial charge in [0.2, 0.25) is 0 Å². The highest BCUT2D eigenvalue weighted by molar-refractivity contribution is 6.32. The number of aliphatic carboxylic acids is 1. The number of nitrogens with one attached hydrogen (secondary N) is 1. The van der Waals surface area contributed by atoms with Gasteiger partial charge in [-0.25, -0.2) is 0 Å². The van der Waals surface area contributed by atoms with Crippen LogP contribution in [0.3, 0.4) is 0 Å². The second-order valence-corrected chi connectivity index (χ2v) is 4.02. The van der Waals surface area contributed by atoms with Crippen molar-refractivity contribution in [2.24, 2.45) is 0 Å². The molecule has 0 amide bonds. The van der Waals surface area contributed by atoms with Gasteiger partial charge in [-0.15, -0.1) is 0 Å². The molecular weight excluding hydrogens is 258 g/mol. The van der Waals surface area contributed by atoms with Gasteiger partial charge in [-0.05, 0) is 6.42 Å². The molecule has 1 aromatic rings. The highest BCUT2D eigenvalue weighted by Crippen LogP contribution is 2.35. The van der Waals surface area contributed by atoms with Gasteiger partial charge < -0.3 is 19.9 Å². The maximum atomic E-state index is 10.4. The van der Waals surface area contributed by atoms with Crippen molar-refractivity contribution in [3.05, 3.63) is 17.2 Å². The van der Waals surface area contributed by atoms with Crippen LogP contribution in [0.15, 0.2) is 12.1 Å². The molecule has 0 unspecified atom stereocenters. The number of hydrogen-bond donors (Lipinski definition) is 2. The van der Waals surface area contributed by atoms with E-state index in [1.54, 1.807) is 19.2 Å². The van der Waals surface area contributed by atoms with Gasteiger partial charge in [0.15, 0.2) is 0 Å². The van der Waals surface area contributed by atoms with E-state index in [1.165, 1.54) is 7.11 Å². The van der Waals surface area contributed by atoms with Crippen molar-refractivity contribution < 1.29 is 19.4 Å². The molecule has 0 aliphatic heterocycles. The lowest BCUT2D eigenvalue weighted by atomic mass is 10.2. The number of benzene rings is 1. The highest BCUT2D eigenvalue weighted by atomic mass is 35.5. The van der Waals surface area contributed by atoms with Gasteiger partial charge in [0.25, 0.3) is 0 Å². The summed E-state index contributed by atoms with van der Waals surface area (Å²) in [4.78, 5) is 10.4. The number of halogens is 1. The van der Waals surface area contributed by atoms with Gasteiger partial charge >= 0.3 is 5.97 Å². The fourth-order valence-corrected chi connectivity index (χ4v) is 1.69. The van der Waals surface area contributed by atoms with E-state index >= 15 is 0 Å². The molecule has 0 saturated heterocycles. The Labute approximate surface area is 111 Å². The lowest BCUT2D eigenvalue weighted by Gasteiger charge is -2.13. The van der Waals surface area contributed by atoms with Crippen molar-refractivity contribution in [1.82, 2.24) is 0 Å². The average molecular weight is 274 g/mol. The molecule has 5 nitrogen and oxygen atoms in total. The Hall–Kier alpha value is -1.62. The number of carbonyl (C=O) groups is 1. The third-order valence-corrected chi connectivity index (χ3v) is 2.65. The van der Waals surface area contributed by atoms with Crippen LogP contribution in [0.4, 0.5) is 5.69 Å². The second kappa shape index (κ2) is 6.96. The zero-order chi connectivity index (χ0) is 13.5. The zero-order valence-corrected chi connectivity index (χ0v) is 11.1. The minimum atomic E-state index is -0.808. The second-order valence-electron chi connectivity index (χ2n) is 3.61. The molecule has 0 heterocycles. The Balaban J connectivity index is 2.70. The number of ether oxygens (including phenoxy) is 2. The molecule has 1 aromatic carbocycles. The summed E-state index contributed by atoms with van der Waals surface area (Å²) < 4.78 is 10.3. The van der Waals surface area contributed by atoms with Gasteiger partial charge in [0, 0.05) is 25.1 Å². The molecule has 0 aromatic heterocycles. The molecule has 0 spiro atoms. The summed E-state index contributed by atoms with van der Waals surface area (Å²) in [6, 6.07) is 3.38. The molecule has 0 saturated carbocycles. The number of carboxylic acids is 1. The van der Waals surface area contributed by atoms with Gasteiger partial charge in [-0.3, -0.25) is 4.79 Å². The van der Waals surface area contributed by atoms with E-state index in [0.717, 1.165) is 5.69 Å². The molecule has 18 heavy (non-hydrogen) atoms. The molecule has 0 radical (unpaired) electrons. The van der Waals surface area contributed by atoms with Crippen LogP contribution in [-0.2, 0) is 4.79 Å². The first kappa shape index (κ1) is 14.4. The quantitative estimate of drug-likeness (QED) is 0.748. The van der Waals surface area contributed by atoms with Crippen molar-refractivity contribution in [3.8, 4) is 11.5 Å². The first-order valence-electron chi connectivity index (χ1n) is 5.45. The Bertz CT molecular complexity index is 423. The molecule has 0 aliphatic carbocycles. The minimum absolute atomic E-state index is 0.125. The molecule has 0 fully saturated rings. The van der Waals surface area contributed by atoms with Crippen molar-refractivity contribution in [2.75, 3.05) is 26.1 Å². The first-order valence-corrected chi connectivity index (χ1v) is 5.83. The van der Waals surface area contributed by atoms with Crippen molar-refractivity contribution in [1.29, 1.82) is 0 Å². The van der Waals surface area contributed by atoms with E-state index in [0.29, 0.717) is 29.5 Å². The summed E-state index contributed by atoms with van der Waals surface area (Å²) in [5, 5.41) is 12.1. The number of rotatable bonds is 7. The van der Waals surface area contributed by atoms with E-state index in [9.17, 15) is 4.79 Å². The Kier molecular flexibility index (Phi) is 5.58. The van der Waals surface area contributed by atoms with Crippen LogP contribution >= 0.6 is 11.6 Å². The topological polar surface area (TPSA) is 67.8 Å². The van der Waals surface area contributed by atoms with Crippen LogP contribution in [0.25, 0.3) is 0 Å². The lowest BCUT2D eigenvalue weighted by Crippen LogP contribution is -2.06. The normalized spacial score (nSPS) is 9.94. The molecule has 0 bridgehead atoms. The van der Waals surface area contributed by atoms with Gasteiger partial charge in [0.1, 0.15) is 11.5 Å². The van der Waals surface area contributed by atoms with Gasteiger partial charge in [0.05, 0.1) is 24.9 Å². The number of hydrogen-bond acceptors (Lipinski definition) is 4. The first-order chi connectivity index (χ1) is 8.58. The summed E-state index contributed by atoms with van der Waals surface area (Å²) in [6.45, 7) is 0.535. The van der Waals surface area contributed by atoms with Crippen LogP contribution < -0.4 is 14.8 Å². The Morgan fingerprint density at radius 1 is 1.33 bits per heavy atom. The van der Waals surface area contributed by atoms with Crippen LogP contribution in [0, 0.1) is 0 Å². The molecular formula is C12H16ClNO4. The smallest absolute Gasteiger partial charge is 0.303 e. The molecule has 0 aliphatic rings. The van der Waals surface area contributed by atoms with E-state index < -0.39 is 5.97 Å². The lowest BCUT2D eigenvalue weighted by molar-refractivity contribution is -0.137. The van der Waals surface area contributed by atoms with Gasteiger partial charge in [-0.2, -0.15) is 0 Å². The Morgan fingerprint density at radius 3 is 2.56 bits per heavy atom. The molecule has 100 valence electrons. The third kappa shape index (κ3) is 4.00. The summed E-state index contributed by atoms with van der Waals surface area (Å²) in [5.74, 6) is 0.326.